The Morgan fingerprint density at radius 3 is 2.30 bits per heavy atom. The minimum Gasteiger partial charge on any atom is -0.492 e. The Labute approximate surface area is 138 Å². The van der Waals surface area contributed by atoms with Crippen LogP contribution in [0.3, 0.4) is 0 Å². The topological polar surface area (TPSA) is 55.4 Å². The molecule has 0 aliphatic heterocycles. The number of aryl methyl sites for hydroxylation is 1. The highest BCUT2D eigenvalue weighted by atomic mass is 32.2. The fourth-order valence-electron chi connectivity index (χ4n) is 2.17. The normalized spacial score (nSPS) is 11.7. The monoisotopic (exact) mass is 333 g/mol. The third kappa shape index (κ3) is 4.81. The molecule has 0 atom stereocenters. The maximum Gasteiger partial charge on any atom is 0.240 e. The number of ether oxygens (including phenoxy) is 1. The van der Waals surface area contributed by atoms with Crippen LogP contribution in [-0.2, 0) is 10.0 Å². The van der Waals surface area contributed by atoms with E-state index < -0.39 is 10.0 Å². The van der Waals surface area contributed by atoms with Gasteiger partial charge in [-0.15, -0.1) is 0 Å². The quantitative estimate of drug-likeness (QED) is 0.789. The second-order valence-electron chi connectivity index (χ2n) is 5.74. The zero-order valence-electron chi connectivity index (χ0n) is 13.7. The molecule has 0 aromatic heterocycles. The minimum absolute atomic E-state index is 0.225. The second kappa shape index (κ2) is 7.62. The Morgan fingerprint density at radius 1 is 1.04 bits per heavy atom. The number of nitrogens with one attached hydrogen (secondary N) is 1. The van der Waals surface area contributed by atoms with Crippen molar-refractivity contribution in [2.75, 3.05) is 13.2 Å². The van der Waals surface area contributed by atoms with Crippen LogP contribution in [-0.4, -0.2) is 21.6 Å². The molecule has 0 heterocycles. The van der Waals surface area contributed by atoms with Gasteiger partial charge in [0.1, 0.15) is 12.4 Å². The molecule has 0 fully saturated rings. The maximum absolute atomic E-state index is 12.2. The van der Waals surface area contributed by atoms with E-state index in [0.29, 0.717) is 5.92 Å². The first-order chi connectivity index (χ1) is 10.9. The first-order valence-corrected chi connectivity index (χ1v) is 9.16. The van der Waals surface area contributed by atoms with Crippen molar-refractivity contribution in [1.29, 1.82) is 0 Å². The molecule has 0 saturated heterocycles. The Morgan fingerprint density at radius 2 is 1.70 bits per heavy atom. The van der Waals surface area contributed by atoms with Gasteiger partial charge in [-0.1, -0.05) is 44.2 Å². The first kappa shape index (κ1) is 17.5. The summed E-state index contributed by atoms with van der Waals surface area (Å²) in [5.41, 5.74) is 2.14. The van der Waals surface area contributed by atoms with Crippen molar-refractivity contribution in [3.63, 3.8) is 0 Å². The molecule has 0 spiro atoms. The van der Waals surface area contributed by atoms with Gasteiger partial charge in [-0.25, -0.2) is 13.1 Å². The molecule has 0 saturated carbocycles. The van der Waals surface area contributed by atoms with Crippen LogP contribution in [0.15, 0.2) is 53.4 Å². The SMILES string of the molecule is Cc1ccccc1OCCNS(=O)(=O)c1ccc(C(C)C)cc1. The average molecular weight is 333 g/mol. The summed E-state index contributed by atoms with van der Waals surface area (Å²) >= 11 is 0. The lowest BCUT2D eigenvalue weighted by molar-refractivity contribution is 0.320. The molecular weight excluding hydrogens is 310 g/mol. The lowest BCUT2D eigenvalue weighted by Crippen LogP contribution is -2.28. The molecular formula is C18H23NO3S. The number of sulfonamides is 1. The van der Waals surface area contributed by atoms with E-state index in [9.17, 15) is 8.42 Å². The van der Waals surface area contributed by atoms with Gasteiger partial charge in [0.05, 0.1) is 4.90 Å². The number of benzene rings is 2. The van der Waals surface area contributed by atoms with Crippen molar-refractivity contribution in [3.05, 3.63) is 59.7 Å². The zero-order chi connectivity index (χ0) is 16.9. The van der Waals surface area contributed by atoms with Gasteiger partial charge >= 0.3 is 0 Å². The summed E-state index contributed by atoms with van der Waals surface area (Å²) in [4.78, 5) is 0.276. The Bertz CT molecular complexity index is 737. The van der Waals surface area contributed by atoms with E-state index in [2.05, 4.69) is 18.6 Å². The number of hydrogen-bond donors (Lipinski definition) is 1. The highest BCUT2D eigenvalue weighted by molar-refractivity contribution is 7.89. The second-order valence-corrected chi connectivity index (χ2v) is 7.50. The van der Waals surface area contributed by atoms with Gasteiger partial charge in [0.25, 0.3) is 0 Å². The van der Waals surface area contributed by atoms with Crippen LogP contribution in [0.2, 0.25) is 0 Å². The number of hydrogen-bond acceptors (Lipinski definition) is 3. The van der Waals surface area contributed by atoms with E-state index >= 15 is 0 Å². The van der Waals surface area contributed by atoms with Crippen LogP contribution in [0.4, 0.5) is 0 Å². The van der Waals surface area contributed by atoms with Crippen molar-refractivity contribution in [2.45, 2.75) is 31.6 Å². The summed E-state index contributed by atoms with van der Waals surface area (Å²) in [6, 6.07) is 14.6. The Balaban J connectivity index is 1.90. The lowest BCUT2D eigenvalue weighted by atomic mass is 10.0. The molecule has 0 unspecified atom stereocenters. The molecule has 2 aromatic rings. The smallest absolute Gasteiger partial charge is 0.240 e. The molecule has 2 aromatic carbocycles. The largest absolute Gasteiger partial charge is 0.492 e. The van der Waals surface area contributed by atoms with Crippen LogP contribution in [0.5, 0.6) is 5.75 Å². The number of rotatable bonds is 7. The third-order valence-electron chi connectivity index (χ3n) is 3.60. The molecule has 0 aliphatic rings. The van der Waals surface area contributed by atoms with Gasteiger partial charge in [0.15, 0.2) is 0 Å². The molecule has 1 N–H and O–H groups in total. The molecule has 0 amide bonds. The Hall–Kier alpha value is -1.85. The van der Waals surface area contributed by atoms with E-state index in [1.54, 1.807) is 12.1 Å². The predicted molar refractivity (Wildman–Crippen MR) is 92.4 cm³/mol. The first-order valence-electron chi connectivity index (χ1n) is 7.68. The van der Waals surface area contributed by atoms with Crippen LogP contribution in [0.1, 0.15) is 30.9 Å². The van der Waals surface area contributed by atoms with Crippen molar-refractivity contribution in [1.82, 2.24) is 4.72 Å². The van der Waals surface area contributed by atoms with Crippen molar-refractivity contribution in [3.8, 4) is 5.75 Å². The fraction of sp³-hybridized carbons (Fsp3) is 0.333. The van der Waals surface area contributed by atoms with Gasteiger partial charge in [0, 0.05) is 6.54 Å². The van der Waals surface area contributed by atoms with Gasteiger partial charge in [-0.2, -0.15) is 0 Å². The highest BCUT2D eigenvalue weighted by Crippen LogP contribution is 2.17. The van der Waals surface area contributed by atoms with Crippen LogP contribution in [0, 0.1) is 6.92 Å². The molecule has 4 nitrogen and oxygen atoms in total. The van der Waals surface area contributed by atoms with E-state index in [4.69, 9.17) is 4.74 Å². The summed E-state index contributed by atoms with van der Waals surface area (Å²) in [5.74, 6) is 1.15. The predicted octanol–water partition coefficient (Wildman–Crippen LogP) is 3.48. The molecule has 0 bridgehead atoms. The summed E-state index contributed by atoms with van der Waals surface area (Å²) in [6.07, 6.45) is 0. The average Bonchev–Trinajstić information content (AvgIpc) is 2.53. The number of para-hydroxylation sites is 1. The standard InChI is InChI=1S/C18H23NO3S/c1-14(2)16-8-10-17(11-9-16)23(20,21)19-12-13-22-18-7-5-4-6-15(18)3/h4-11,14,19H,12-13H2,1-3H3. The molecule has 2 rings (SSSR count). The van der Waals surface area contributed by atoms with Gasteiger partial charge in [-0.05, 0) is 42.2 Å². The third-order valence-corrected chi connectivity index (χ3v) is 5.08. The van der Waals surface area contributed by atoms with E-state index in [-0.39, 0.29) is 18.0 Å². The van der Waals surface area contributed by atoms with E-state index in [1.807, 2.05) is 43.3 Å². The fourth-order valence-corrected chi connectivity index (χ4v) is 3.18. The summed E-state index contributed by atoms with van der Waals surface area (Å²) in [5, 5.41) is 0. The van der Waals surface area contributed by atoms with Gasteiger partial charge in [0.2, 0.25) is 10.0 Å². The van der Waals surface area contributed by atoms with Gasteiger partial charge < -0.3 is 4.74 Å². The van der Waals surface area contributed by atoms with Crippen molar-refractivity contribution < 1.29 is 13.2 Å². The van der Waals surface area contributed by atoms with E-state index in [0.717, 1.165) is 16.9 Å². The molecule has 0 aliphatic carbocycles. The summed E-state index contributed by atoms with van der Waals surface area (Å²) in [6.45, 7) is 6.61. The minimum atomic E-state index is -3.50. The summed E-state index contributed by atoms with van der Waals surface area (Å²) < 4.78 is 32.6. The van der Waals surface area contributed by atoms with Crippen molar-refractivity contribution >= 4 is 10.0 Å². The van der Waals surface area contributed by atoms with E-state index in [1.165, 1.54) is 0 Å². The Kier molecular flexibility index (Phi) is 5.80. The zero-order valence-corrected chi connectivity index (χ0v) is 14.6. The van der Waals surface area contributed by atoms with Gasteiger partial charge in [-0.3, -0.25) is 0 Å². The van der Waals surface area contributed by atoms with Crippen LogP contribution in [0.25, 0.3) is 0 Å². The highest BCUT2D eigenvalue weighted by Gasteiger charge is 2.13. The molecule has 124 valence electrons. The molecule has 0 radical (unpaired) electrons. The molecule has 23 heavy (non-hydrogen) atoms. The molecule has 5 heteroatoms. The summed E-state index contributed by atoms with van der Waals surface area (Å²) in [7, 11) is -3.50. The van der Waals surface area contributed by atoms with Crippen molar-refractivity contribution in [2.24, 2.45) is 0 Å². The maximum atomic E-state index is 12.2. The lowest BCUT2D eigenvalue weighted by Gasteiger charge is -2.11. The van der Waals surface area contributed by atoms with Crippen LogP contribution < -0.4 is 9.46 Å². The van der Waals surface area contributed by atoms with Crippen LogP contribution >= 0.6 is 0 Å².